The molecular formula is C16H23N3O5S. The molecule has 8 nitrogen and oxygen atoms in total. The number of nitrogens with one attached hydrogen (secondary N) is 1. The number of rotatable bonds is 5. The number of nitro benzene ring substituents is 1. The van der Waals surface area contributed by atoms with E-state index in [1.165, 1.54) is 24.3 Å². The Balaban J connectivity index is 2.03. The Morgan fingerprint density at radius 3 is 2.32 bits per heavy atom. The van der Waals surface area contributed by atoms with Crippen LogP contribution in [-0.2, 0) is 14.8 Å². The lowest BCUT2D eigenvalue weighted by molar-refractivity contribution is -0.387. The van der Waals surface area contributed by atoms with E-state index in [2.05, 4.69) is 5.32 Å². The van der Waals surface area contributed by atoms with E-state index >= 15 is 0 Å². The molecule has 2 fully saturated rings. The second kappa shape index (κ2) is 7.77. The zero-order valence-electron chi connectivity index (χ0n) is 14.0. The predicted molar refractivity (Wildman–Crippen MR) is 91.9 cm³/mol. The quantitative estimate of drug-likeness (QED) is 0.624. The van der Waals surface area contributed by atoms with Crippen molar-refractivity contribution >= 4 is 15.7 Å². The van der Waals surface area contributed by atoms with E-state index in [4.69, 9.17) is 4.74 Å². The van der Waals surface area contributed by atoms with Gasteiger partial charge in [0.2, 0.25) is 10.0 Å². The monoisotopic (exact) mass is 369 g/mol. The molecule has 0 saturated carbocycles. The van der Waals surface area contributed by atoms with Crippen molar-refractivity contribution in [3.63, 3.8) is 0 Å². The first-order valence-electron chi connectivity index (χ1n) is 8.57. The van der Waals surface area contributed by atoms with Gasteiger partial charge in [0.05, 0.1) is 4.92 Å². The predicted octanol–water partition coefficient (Wildman–Crippen LogP) is 1.52. The van der Waals surface area contributed by atoms with E-state index in [1.54, 1.807) is 4.31 Å². The molecule has 0 spiro atoms. The normalized spacial score (nSPS) is 20.7. The maximum Gasteiger partial charge on any atom is 0.289 e. The van der Waals surface area contributed by atoms with Crippen LogP contribution in [-0.4, -0.2) is 56.0 Å². The number of hydrogen-bond donors (Lipinski definition) is 1. The maximum absolute atomic E-state index is 13.4. The molecule has 0 atom stereocenters. The first-order valence-corrected chi connectivity index (χ1v) is 10.0. The summed E-state index contributed by atoms with van der Waals surface area (Å²) in [4.78, 5) is 10.5. The van der Waals surface area contributed by atoms with Crippen molar-refractivity contribution in [3.05, 3.63) is 34.4 Å². The van der Waals surface area contributed by atoms with Gasteiger partial charge in [0, 0.05) is 31.4 Å². The van der Waals surface area contributed by atoms with E-state index < -0.39 is 14.9 Å². The SMILES string of the molecule is O=[N+]([O-])c1ccccc1S(=O)(=O)N(C1CCNCC1)C1CCOCC1. The minimum absolute atomic E-state index is 0.144. The number of sulfonamides is 1. The fraction of sp³-hybridized carbons (Fsp3) is 0.625. The van der Waals surface area contributed by atoms with E-state index in [-0.39, 0.29) is 22.7 Å². The number of ether oxygens (including phenoxy) is 1. The highest BCUT2D eigenvalue weighted by Crippen LogP contribution is 2.33. The molecule has 0 radical (unpaired) electrons. The zero-order valence-corrected chi connectivity index (χ0v) is 14.8. The van der Waals surface area contributed by atoms with Gasteiger partial charge in [-0.05, 0) is 44.8 Å². The van der Waals surface area contributed by atoms with Gasteiger partial charge in [0.25, 0.3) is 5.69 Å². The van der Waals surface area contributed by atoms with Gasteiger partial charge in [-0.3, -0.25) is 10.1 Å². The van der Waals surface area contributed by atoms with Gasteiger partial charge in [0.1, 0.15) is 0 Å². The molecule has 0 unspecified atom stereocenters. The summed E-state index contributed by atoms with van der Waals surface area (Å²) < 4.78 is 33.7. The summed E-state index contributed by atoms with van der Waals surface area (Å²) >= 11 is 0. The summed E-state index contributed by atoms with van der Waals surface area (Å²) in [6.45, 7) is 2.52. The van der Waals surface area contributed by atoms with Gasteiger partial charge in [-0.15, -0.1) is 0 Å². The van der Waals surface area contributed by atoms with Crippen molar-refractivity contribution in [2.24, 2.45) is 0 Å². The molecular weight excluding hydrogens is 346 g/mol. The van der Waals surface area contributed by atoms with Gasteiger partial charge >= 0.3 is 0 Å². The van der Waals surface area contributed by atoms with Crippen molar-refractivity contribution in [2.75, 3.05) is 26.3 Å². The maximum atomic E-state index is 13.4. The molecule has 0 aliphatic carbocycles. The number of piperidine rings is 1. The molecule has 2 aliphatic heterocycles. The lowest BCUT2D eigenvalue weighted by Gasteiger charge is -2.40. The minimum atomic E-state index is -3.97. The second-order valence-electron chi connectivity index (χ2n) is 6.38. The van der Waals surface area contributed by atoms with Crippen molar-refractivity contribution in [3.8, 4) is 0 Å². The lowest BCUT2D eigenvalue weighted by atomic mass is 10.0. The number of benzene rings is 1. The summed E-state index contributed by atoms with van der Waals surface area (Å²) in [7, 11) is -3.97. The number of para-hydroxylation sites is 1. The molecule has 0 amide bonds. The van der Waals surface area contributed by atoms with Crippen LogP contribution in [0.15, 0.2) is 29.2 Å². The van der Waals surface area contributed by atoms with Crippen LogP contribution >= 0.6 is 0 Å². The largest absolute Gasteiger partial charge is 0.381 e. The molecule has 138 valence electrons. The number of hydrogen-bond acceptors (Lipinski definition) is 6. The topological polar surface area (TPSA) is 102 Å². The molecule has 1 N–H and O–H groups in total. The van der Waals surface area contributed by atoms with Crippen LogP contribution in [0.3, 0.4) is 0 Å². The third kappa shape index (κ3) is 3.84. The summed E-state index contributed by atoms with van der Waals surface area (Å²) in [5, 5.41) is 14.6. The van der Waals surface area contributed by atoms with Crippen LogP contribution in [0.1, 0.15) is 25.7 Å². The highest BCUT2D eigenvalue weighted by molar-refractivity contribution is 7.89. The highest BCUT2D eigenvalue weighted by atomic mass is 32.2. The molecule has 1 aromatic rings. The molecule has 1 aromatic carbocycles. The first kappa shape index (κ1) is 18.2. The van der Waals surface area contributed by atoms with Crippen molar-refractivity contribution < 1.29 is 18.1 Å². The Labute approximate surface area is 147 Å². The average molecular weight is 369 g/mol. The minimum Gasteiger partial charge on any atom is -0.381 e. The molecule has 2 aliphatic rings. The molecule has 25 heavy (non-hydrogen) atoms. The first-order chi connectivity index (χ1) is 12.0. The highest BCUT2D eigenvalue weighted by Gasteiger charge is 2.41. The van der Waals surface area contributed by atoms with E-state index in [9.17, 15) is 18.5 Å². The van der Waals surface area contributed by atoms with Crippen LogP contribution < -0.4 is 5.32 Å². The number of nitrogens with zero attached hydrogens (tertiary/aromatic N) is 2. The Kier molecular flexibility index (Phi) is 5.67. The Morgan fingerprint density at radius 2 is 1.68 bits per heavy atom. The summed E-state index contributed by atoms with van der Waals surface area (Å²) in [5.41, 5.74) is -0.367. The summed E-state index contributed by atoms with van der Waals surface area (Å²) in [6.07, 6.45) is 2.64. The Bertz CT molecular complexity index is 694. The lowest BCUT2D eigenvalue weighted by Crippen LogP contribution is -2.52. The van der Waals surface area contributed by atoms with Gasteiger partial charge in [-0.2, -0.15) is 4.31 Å². The fourth-order valence-electron chi connectivity index (χ4n) is 3.63. The van der Waals surface area contributed by atoms with E-state index in [0.717, 1.165) is 13.1 Å². The Hall–Kier alpha value is -1.55. The van der Waals surface area contributed by atoms with Crippen LogP contribution in [0.4, 0.5) is 5.69 Å². The van der Waals surface area contributed by atoms with E-state index in [1.807, 2.05) is 0 Å². The van der Waals surface area contributed by atoms with Gasteiger partial charge in [0.15, 0.2) is 4.90 Å². The molecule has 0 aromatic heterocycles. The van der Waals surface area contributed by atoms with E-state index in [0.29, 0.717) is 38.9 Å². The molecule has 2 saturated heterocycles. The van der Waals surface area contributed by atoms with Gasteiger partial charge in [-0.1, -0.05) is 12.1 Å². The van der Waals surface area contributed by atoms with Crippen LogP contribution in [0.5, 0.6) is 0 Å². The van der Waals surface area contributed by atoms with Crippen LogP contribution in [0.25, 0.3) is 0 Å². The van der Waals surface area contributed by atoms with Crippen molar-refractivity contribution in [2.45, 2.75) is 42.7 Å². The van der Waals surface area contributed by atoms with Gasteiger partial charge < -0.3 is 10.1 Å². The second-order valence-corrected chi connectivity index (χ2v) is 8.20. The fourth-order valence-corrected chi connectivity index (χ4v) is 5.72. The standard InChI is InChI=1S/C16H23N3O5S/c20-19(21)15-3-1-2-4-16(15)25(22,23)18(13-5-9-17-10-6-13)14-7-11-24-12-8-14/h1-4,13-14,17H,5-12H2. The Morgan fingerprint density at radius 1 is 1.08 bits per heavy atom. The summed E-state index contributed by atoms with van der Waals surface area (Å²) in [6, 6.07) is 5.28. The summed E-state index contributed by atoms with van der Waals surface area (Å²) in [5.74, 6) is 0. The molecule has 3 rings (SSSR count). The zero-order chi connectivity index (χ0) is 17.9. The van der Waals surface area contributed by atoms with Crippen LogP contribution in [0.2, 0.25) is 0 Å². The average Bonchev–Trinajstić information content (AvgIpc) is 2.63. The molecule has 9 heteroatoms. The third-order valence-electron chi connectivity index (χ3n) is 4.84. The third-order valence-corrected chi connectivity index (χ3v) is 6.89. The number of nitro groups is 1. The smallest absolute Gasteiger partial charge is 0.289 e. The van der Waals surface area contributed by atoms with Crippen molar-refractivity contribution in [1.82, 2.24) is 9.62 Å². The molecule has 0 bridgehead atoms. The molecule has 2 heterocycles. The van der Waals surface area contributed by atoms with Crippen LogP contribution in [0, 0.1) is 10.1 Å². The van der Waals surface area contributed by atoms with Crippen molar-refractivity contribution in [1.29, 1.82) is 0 Å². The van der Waals surface area contributed by atoms with Gasteiger partial charge in [-0.25, -0.2) is 8.42 Å².